The molecule has 0 spiro atoms. The third-order valence-electron chi connectivity index (χ3n) is 4.23. The lowest BCUT2D eigenvalue weighted by molar-refractivity contribution is 0.0524. The molecule has 0 radical (unpaired) electrons. The molecule has 0 aromatic carbocycles. The highest BCUT2D eigenvalue weighted by Crippen LogP contribution is 2.21. The van der Waals surface area contributed by atoms with Crippen molar-refractivity contribution in [2.24, 2.45) is 0 Å². The first-order valence-corrected chi connectivity index (χ1v) is 8.45. The van der Waals surface area contributed by atoms with Crippen molar-refractivity contribution in [1.29, 1.82) is 0 Å². The summed E-state index contributed by atoms with van der Waals surface area (Å²) in [5.74, 6) is -0.699. The van der Waals surface area contributed by atoms with E-state index in [1.165, 1.54) is 0 Å². The van der Waals surface area contributed by atoms with Crippen molar-refractivity contribution in [2.75, 3.05) is 11.9 Å². The zero-order valence-electron chi connectivity index (χ0n) is 15.3. The molecule has 1 N–H and O–H groups in total. The number of amides is 1. The van der Waals surface area contributed by atoms with E-state index in [9.17, 15) is 9.59 Å². The molecule has 3 aromatic rings. The Kier molecular flexibility index (Phi) is 4.75. The Morgan fingerprint density at radius 2 is 1.92 bits per heavy atom. The molecule has 0 aliphatic rings. The van der Waals surface area contributed by atoms with E-state index < -0.39 is 5.97 Å². The van der Waals surface area contributed by atoms with Gasteiger partial charge in [-0.1, -0.05) is 6.07 Å². The molecule has 6 heteroatoms. The number of aryl methyl sites for hydroxylation is 3. The van der Waals surface area contributed by atoms with Crippen molar-refractivity contribution in [3.63, 3.8) is 0 Å². The average Bonchev–Trinajstić information content (AvgIpc) is 2.93. The topological polar surface area (TPSA) is 72.7 Å². The van der Waals surface area contributed by atoms with Crippen LogP contribution < -0.4 is 5.32 Å². The summed E-state index contributed by atoms with van der Waals surface area (Å²) in [6, 6.07) is 9.33. The van der Waals surface area contributed by atoms with Crippen molar-refractivity contribution in [3.05, 3.63) is 64.7 Å². The minimum absolute atomic E-state index is 0.253. The summed E-state index contributed by atoms with van der Waals surface area (Å²) in [4.78, 5) is 29.3. The molecular formula is C20H21N3O3. The third kappa shape index (κ3) is 3.18. The van der Waals surface area contributed by atoms with Crippen LogP contribution >= 0.6 is 0 Å². The van der Waals surface area contributed by atoms with Gasteiger partial charge in [0.15, 0.2) is 0 Å². The van der Waals surface area contributed by atoms with Gasteiger partial charge >= 0.3 is 5.97 Å². The normalized spacial score (nSPS) is 10.8. The fourth-order valence-electron chi connectivity index (χ4n) is 2.99. The SMILES string of the molecule is CCOC(=O)c1cc(NC(=O)c2c(C)cc3ccccn23)c(C)nc1C. The van der Waals surface area contributed by atoms with Crippen LogP contribution in [0.5, 0.6) is 0 Å². The van der Waals surface area contributed by atoms with Crippen molar-refractivity contribution in [2.45, 2.75) is 27.7 Å². The molecule has 0 aliphatic carbocycles. The smallest absolute Gasteiger partial charge is 0.340 e. The molecule has 0 bridgehead atoms. The van der Waals surface area contributed by atoms with Gasteiger partial charge < -0.3 is 14.5 Å². The summed E-state index contributed by atoms with van der Waals surface area (Å²) in [6.45, 7) is 7.46. The Bertz CT molecular complexity index is 1000. The quantitative estimate of drug-likeness (QED) is 0.728. The first-order chi connectivity index (χ1) is 12.4. The van der Waals surface area contributed by atoms with Gasteiger partial charge in [-0.2, -0.15) is 0 Å². The van der Waals surface area contributed by atoms with E-state index in [0.717, 1.165) is 11.1 Å². The van der Waals surface area contributed by atoms with E-state index in [0.29, 0.717) is 28.3 Å². The summed E-state index contributed by atoms with van der Waals surface area (Å²) in [5.41, 5.74) is 4.43. The standard InChI is InChI=1S/C20H21N3O3/c1-5-26-20(25)16-11-17(14(4)21-13(16)3)22-19(24)18-12(2)10-15-8-6-7-9-23(15)18/h6-11H,5H2,1-4H3,(H,22,24). The lowest BCUT2D eigenvalue weighted by Gasteiger charge is -2.12. The molecule has 0 aliphatic heterocycles. The van der Waals surface area contributed by atoms with Crippen molar-refractivity contribution >= 4 is 23.1 Å². The summed E-state index contributed by atoms with van der Waals surface area (Å²) >= 11 is 0. The Morgan fingerprint density at radius 1 is 1.15 bits per heavy atom. The van der Waals surface area contributed by atoms with E-state index in [1.807, 2.05) is 41.8 Å². The predicted molar refractivity (Wildman–Crippen MR) is 99.8 cm³/mol. The van der Waals surface area contributed by atoms with Crippen molar-refractivity contribution < 1.29 is 14.3 Å². The van der Waals surface area contributed by atoms with Crippen LogP contribution in [0, 0.1) is 20.8 Å². The number of anilines is 1. The zero-order chi connectivity index (χ0) is 18.8. The summed E-state index contributed by atoms with van der Waals surface area (Å²) in [5, 5.41) is 2.88. The van der Waals surface area contributed by atoms with Gasteiger partial charge in [0.1, 0.15) is 5.69 Å². The molecule has 0 saturated carbocycles. The number of nitrogens with one attached hydrogen (secondary N) is 1. The number of nitrogens with zero attached hydrogens (tertiary/aromatic N) is 2. The number of hydrogen-bond donors (Lipinski definition) is 1. The van der Waals surface area contributed by atoms with E-state index in [4.69, 9.17) is 4.74 Å². The van der Waals surface area contributed by atoms with Crippen LogP contribution in [0.3, 0.4) is 0 Å². The molecule has 3 aromatic heterocycles. The maximum absolute atomic E-state index is 12.9. The van der Waals surface area contributed by atoms with Gasteiger partial charge in [0, 0.05) is 11.7 Å². The fraction of sp³-hybridized carbons (Fsp3) is 0.250. The van der Waals surface area contributed by atoms with Crippen LogP contribution in [0.2, 0.25) is 0 Å². The Morgan fingerprint density at radius 3 is 2.65 bits per heavy atom. The van der Waals surface area contributed by atoms with Crippen molar-refractivity contribution in [1.82, 2.24) is 9.38 Å². The predicted octanol–water partition coefficient (Wildman–Crippen LogP) is 3.69. The van der Waals surface area contributed by atoms with Crippen LogP contribution in [0.1, 0.15) is 44.7 Å². The van der Waals surface area contributed by atoms with Gasteiger partial charge in [-0.15, -0.1) is 0 Å². The lowest BCUT2D eigenvalue weighted by Crippen LogP contribution is -2.18. The Labute approximate surface area is 151 Å². The molecule has 3 heterocycles. The first-order valence-electron chi connectivity index (χ1n) is 8.45. The minimum atomic E-state index is -0.447. The molecule has 3 rings (SSSR count). The van der Waals surface area contributed by atoms with Gasteiger partial charge in [-0.3, -0.25) is 9.78 Å². The zero-order valence-corrected chi connectivity index (χ0v) is 15.3. The number of carbonyl (C=O) groups is 2. The maximum atomic E-state index is 12.9. The second-order valence-corrected chi connectivity index (χ2v) is 6.10. The lowest BCUT2D eigenvalue weighted by atomic mass is 10.1. The van der Waals surface area contributed by atoms with Gasteiger partial charge in [0.05, 0.1) is 29.2 Å². The second-order valence-electron chi connectivity index (χ2n) is 6.10. The van der Waals surface area contributed by atoms with Crippen LogP contribution in [-0.2, 0) is 4.74 Å². The number of fused-ring (bicyclic) bond motifs is 1. The number of aromatic nitrogens is 2. The highest BCUT2D eigenvalue weighted by Gasteiger charge is 2.19. The molecule has 0 saturated heterocycles. The number of esters is 1. The van der Waals surface area contributed by atoms with Crippen LogP contribution in [0.15, 0.2) is 36.5 Å². The third-order valence-corrected chi connectivity index (χ3v) is 4.23. The molecule has 0 fully saturated rings. The second kappa shape index (κ2) is 7.00. The molecule has 0 atom stereocenters. The number of carbonyl (C=O) groups excluding carboxylic acids is 2. The Hall–Kier alpha value is -3.15. The van der Waals surface area contributed by atoms with Crippen LogP contribution in [0.4, 0.5) is 5.69 Å². The monoisotopic (exact) mass is 351 g/mol. The average molecular weight is 351 g/mol. The molecule has 0 unspecified atom stereocenters. The van der Waals surface area contributed by atoms with E-state index in [1.54, 1.807) is 26.8 Å². The molecule has 6 nitrogen and oxygen atoms in total. The number of ether oxygens (including phenoxy) is 1. The Balaban J connectivity index is 1.97. The summed E-state index contributed by atoms with van der Waals surface area (Å²) in [7, 11) is 0. The highest BCUT2D eigenvalue weighted by molar-refractivity contribution is 6.06. The van der Waals surface area contributed by atoms with E-state index in [-0.39, 0.29) is 12.5 Å². The minimum Gasteiger partial charge on any atom is -0.462 e. The van der Waals surface area contributed by atoms with Gasteiger partial charge in [-0.25, -0.2) is 4.79 Å². The summed E-state index contributed by atoms with van der Waals surface area (Å²) in [6.07, 6.45) is 1.85. The van der Waals surface area contributed by atoms with Gasteiger partial charge in [-0.05, 0) is 57.5 Å². The number of rotatable bonds is 4. The van der Waals surface area contributed by atoms with Gasteiger partial charge in [0.25, 0.3) is 5.91 Å². The maximum Gasteiger partial charge on any atom is 0.340 e. The van der Waals surface area contributed by atoms with Crippen LogP contribution in [0.25, 0.3) is 5.52 Å². The largest absolute Gasteiger partial charge is 0.462 e. The number of hydrogen-bond acceptors (Lipinski definition) is 4. The fourth-order valence-corrected chi connectivity index (χ4v) is 2.99. The van der Waals surface area contributed by atoms with Gasteiger partial charge in [0.2, 0.25) is 0 Å². The summed E-state index contributed by atoms with van der Waals surface area (Å²) < 4.78 is 6.90. The molecular weight excluding hydrogens is 330 g/mol. The highest BCUT2D eigenvalue weighted by atomic mass is 16.5. The molecule has 26 heavy (non-hydrogen) atoms. The number of pyridine rings is 2. The van der Waals surface area contributed by atoms with Crippen molar-refractivity contribution in [3.8, 4) is 0 Å². The first kappa shape index (κ1) is 17.7. The van der Waals surface area contributed by atoms with E-state index in [2.05, 4.69) is 10.3 Å². The molecule has 1 amide bonds. The van der Waals surface area contributed by atoms with Crippen LogP contribution in [-0.4, -0.2) is 27.9 Å². The molecule has 134 valence electrons. The van der Waals surface area contributed by atoms with E-state index >= 15 is 0 Å².